The highest BCUT2D eigenvalue weighted by Gasteiger charge is 2.25. The summed E-state index contributed by atoms with van der Waals surface area (Å²) in [6.07, 6.45) is 7.16. The summed E-state index contributed by atoms with van der Waals surface area (Å²) < 4.78 is 7.74. The second kappa shape index (κ2) is 12.5. The number of carbonyl (C=O) groups is 1. The second-order valence-electron chi connectivity index (χ2n) is 9.15. The maximum absolute atomic E-state index is 13.0. The molecule has 5 rings (SSSR count). The molecule has 1 aliphatic rings. The number of likely N-dealkylation sites (tertiary alicyclic amines) is 1. The number of ether oxygens (including phenoxy) is 1. The Labute approximate surface area is 222 Å². The number of pyridine rings is 1. The van der Waals surface area contributed by atoms with Crippen LogP contribution in [0, 0.1) is 5.92 Å². The number of halogens is 1. The van der Waals surface area contributed by atoms with E-state index in [1.54, 1.807) is 0 Å². The largest absolute Gasteiger partial charge is 1.00 e. The third-order valence-corrected chi connectivity index (χ3v) is 6.58. The number of piperidine rings is 1. The maximum atomic E-state index is 13.0. The van der Waals surface area contributed by atoms with Gasteiger partial charge in [-0.2, -0.15) is 9.67 Å². The average Bonchev–Trinajstić information content (AvgIpc) is 3.39. The lowest BCUT2D eigenvalue weighted by Crippen LogP contribution is -3.00. The first kappa shape index (κ1) is 25.6. The molecule has 1 amide bonds. The van der Waals surface area contributed by atoms with Crippen LogP contribution in [-0.4, -0.2) is 34.1 Å². The number of nitrogens with zero attached hydrogens (tertiary/aromatic N) is 3. The number of rotatable bonds is 8. The Balaban J connectivity index is 0.00000304. The van der Waals surface area contributed by atoms with Crippen molar-refractivity contribution >= 4 is 5.91 Å². The van der Waals surface area contributed by atoms with Crippen LogP contribution >= 0.6 is 0 Å². The van der Waals surface area contributed by atoms with Gasteiger partial charge in [0, 0.05) is 19.2 Å². The molecule has 0 spiro atoms. The molecule has 1 N–H and O–H groups in total. The van der Waals surface area contributed by atoms with Gasteiger partial charge in [-0.1, -0.05) is 48.5 Å². The minimum Gasteiger partial charge on any atom is -1.00 e. The van der Waals surface area contributed by atoms with E-state index in [-0.39, 0.29) is 22.9 Å². The minimum absolute atomic E-state index is 0. The van der Waals surface area contributed by atoms with Crippen LogP contribution in [0.5, 0.6) is 5.75 Å². The van der Waals surface area contributed by atoms with Crippen molar-refractivity contribution in [2.75, 3.05) is 13.1 Å². The fraction of sp³-hybridized carbons (Fsp3) is 0.276. The molecule has 2 aromatic carbocycles. The number of H-pyrrole nitrogens is 1. The summed E-state index contributed by atoms with van der Waals surface area (Å²) in [7, 11) is 0. The lowest BCUT2D eigenvalue weighted by molar-refractivity contribution is -0.684. The van der Waals surface area contributed by atoms with Crippen molar-refractivity contribution in [3.63, 3.8) is 0 Å². The van der Waals surface area contributed by atoms with Gasteiger partial charge in [0.25, 0.3) is 5.91 Å². The van der Waals surface area contributed by atoms with Gasteiger partial charge in [-0.15, -0.1) is 0 Å². The van der Waals surface area contributed by atoms with Crippen LogP contribution in [-0.2, 0) is 24.4 Å². The Morgan fingerprint density at radius 3 is 2.47 bits per heavy atom. The molecule has 0 aliphatic carbocycles. The molecule has 0 atom stereocenters. The Hall–Kier alpha value is -3.45. The number of aromatic amines is 1. The molecule has 0 unspecified atom stereocenters. The maximum Gasteiger partial charge on any atom is 0.288 e. The van der Waals surface area contributed by atoms with E-state index in [1.165, 1.54) is 5.56 Å². The smallest absolute Gasteiger partial charge is 0.288 e. The lowest BCUT2D eigenvalue weighted by Gasteiger charge is -2.31. The van der Waals surface area contributed by atoms with Crippen molar-refractivity contribution in [3.05, 3.63) is 103 Å². The van der Waals surface area contributed by atoms with Gasteiger partial charge in [-0.05, 0) is 55.0 Å². The number of para-hydroxylation sites is 1. The second-order valence-corrected chi connectivity index (χ2v) is 9.15. The number of aromatic nitrogens is 3. The highest BCUT2D eigenvalue weighted by Crippen LogP contribution is 2.22. The highest BCUT2D eigenvalue weighted by atomic mass is 79.9. The highest BCUT2D eigenvalue weighted by molar-refractivity contribution is 5.74. The molecule has 1 saturated heterocycles. The van der Waals surface area contributed by atoms with E-state index in [1.807, 2.05) is 70.4 Å². The first-order valence-electron chi connectivity index (χ1n) is 12.3. The lowest BCUT2D eigenvalue weighted by atomic mass is 9.90. The van der Waals surface area contributed by atoms with Gasteiger partial charge in [0.05, 0.1) is 11.3 Å². The van der Waals surface area contributed by atoms with E-state index in [2.05, 4.69) is 40.5 Å². The zero-order valence-corrected chi connectivity index (χ0v) is 21.8. The van der Waals surface area contributed by atoms with Gasteiger partial charge >= 0.3 is 0 Å². The molecule has 6 nitrogen and oxygen atoms in total. The molecule has 0 radical (unpaired) electrons. The monoisotopic (exact) mass is 546 g/mol. The van der Waals surface area contributed by atoms with Gasteiger partial charge in [0.15, 0.2) is 12.4 Å². The van der Waals surface area contributed by atoms with Gasteiger partial charge in [-0.3, -0.25) is 9.89 Å². The summed E-state index contributed by atoms with van der Waals surface area (Å²) in [5.41, 5.74) is 4.10. The van der Waals surface area contributed by atoms with Crippen molar-refractivity contribution in [3.8, 4) is 17.0 Å². The van der Waals surface area contributed by atoms with Gasteiger partial charge in [0.1, 0.15) is 18.1 Å². The number of hydrogen-bond acceptors (Lipinski definition) is 3. The fourth-order valence-electron chi connectivity index (χ4n) is 4.63. The van der Waals surface area contributed by atoms with Crippen LogP contribution in [0.15, 0.2) is 91.3 Å². The predicted molar refractivity (Wildman–Crippen MR) is 134 cm³/mol. The number of benzene rings is 2. The quantitative estimate of drug-likeness (QED) is 0.340. The Morgan fingerprint density at radius 1 is 1.00 bits per heavy atom. The van der Waals surface area contributed by atoms with Gasteiger partial charge < -0.3 is 26.6 Å². The molecule has 186 valence electrons. The zero-order valence-electron chi connectivity index (χ0n) is 20.2. The Kier molecular flexibility index (Phi) is 8.90. The summed E-state index contributed by atoms with van der Waals surface area (Å²) in [5, 5.41) is 7.46. The van der Waals surface area contributed by atoms with E-state index < -0.39 is 0 Å². The van der Waals surface area contributed by atoms with Crippen LogP contribution in [0.25, 0.3) is 11.3 Å². The number of hydrogen-bond donors (Lipinski definition) is 1. The normalized spacial score (nSPS) is 13.7. The topological polar surface area (TPSA) is 62.1 Å². The number of carbonyl (C=O) groups excluding carboxylic acids is 1. The summed E-state index contributed by atoms with van der Waals surface area (Å²) in [4.78, 5) is 15.0. The van der Waals surface area contributed by atoms with Gasteiger partial charge in [-0.25, -0.2) is 0 Å². The van der Waals surface area contributed by atoms with E-state index in [0.717, 1.165) is 55.1 Å². The summed E-state index contributed by atoms with van der Waals surface area (Å²) in [6, 6.07) is 26.3. The molecule has 0 bridgehead atoms. The van der Waals surface area contributed by atoms with Crippen LogP contribution in [0.3, 0.4) is 0 Å². The molecule has 3 heterocycles. The van der Waals surface area contributed by atoms with Crippen molar-refractivity contribution in [1.82, 2.24) is 15.1 Å². The summed E-state index contributed by atoms with van der Waals surface area (Å²) in [5.74, 6) is 1.64. The molecule has 0 saturated carbocycles. The zero-order chi connectivity index (χ0) is 23.9. The fourth-order valence-corrected chi connectivity index (χ4v) is 4.63. The van der Waals surface area contributed by atoms with E-state index >= 15 is 0 Å². The first-order valence-corrected chi connectivity index (χ1v) is 12.3. The van der Waals surface area contributed by atoms with Crippen LogP contribution in [0.2, 0.25) is 0 Å². The van der Waals surface area contributed by atoms with Crippen molar-refractivity contribution in [2.24, 2.45) is 5.92 Å². The van der Waals surface area contributed by atoms with E-state index in [0.29, 0.717) is 19.1 Å². The van der Waals surface area contributed by atoms with Crippen molar-refractivity contribution in [1.29, 1.82) is 0 Å². The molecule has 1 fully saturated rings. The SMILES string of the molecule is O=C(C[n+]1cccc(-c2cc(COc3ccccc3)n[nH]2)c1)N1CCC(Cc2ccccc2)CC1.[Br-]. The van der Waals surface area contributed by atoms with Crippen LogP contribution in [0.1, 0.15) is 24.1 Å². The van der Waals surface area contributed by atoms with Gasteiger partial charge in [0.2, 0.25) is 6.54 Å². The number of nitrogens with one attached hydrogen (secondary N) is 1. The summed E-state index contributed by atoms with van der Waals surface area (Å²) in [6.45, 7) is 2.41. The average molecular weight is 547 g/mol. The third kappa shape index (κ3) is 6.82. The number of amides is 1. The summed E-state index contributed by atoms with van der Waals surface area (Å²) >= 11 is 0. The third-order valence-electron chi connectivity index (χ3n) is 6.58. The van der Waals surface area contributed by atoms with Crippen LogP contribution < -0.4 is 26.3 Å². The predicted octanol–water partition coefficient (Wildman–Crippen LogP) is 1.43. The first-order chi connectivity index (χ1) is 17.2. The van der Waals surface area contributed by atoms with E-state index in [4.69, 9.17) is 4.74 Å². The van der Waals surface area contributed by atoms with Crippen LogP contribution in [0.4, 0.5) is 0 Å². The molecule has 36 heavy (non-hydrogen) atoms. The van der Waals surface area contributed by atoms with Crippen molar-refractivity contribution < 1.29 is 31.1 Å². The van der Waals surface area contributed by atoms with E-state index in [9.17, 15) is 4.79 Å². The molecule has 2 aromatic heterocycles. The molecule has 1 aliphatic heterocycles. The standard InChI is InChI=1S/C29H31N4O2.BrH/c34-29(33-16-13-24(14-17-33)18-23-8-3-1-4-9-23)21-32-15-7-10-25(20-32)28-19-26(30-31-28)22-35-27-11-5-2-6-12-27;/h1-12,15,19-20,24H,13-14,16-18,21-22H2,(H,30,31);1H/q+1;/p-1. The molecule has 4 aromatic rings. The minimum atomic E-state index is 0. The Bertz CT molecular complexity index is 1240. The van der Waals surface area contributed by atoms with Crippen molar-refractivity contribution in [2.45, 2.75) is 32.4 Å². The Morgan fingerprint density at radius 2 is 1.72 bits per heavy atom. The molecular formula is C29H31BrN4O2. The molecule has 7 heteroatoms. The molecular weight excluding hydrogens is 516 g/mol.